The molecular weight excluding hydrogens is 320 g/mol. The Balaban J connectivity index is 1.82. The molecule has 2 atom stereocenters. The maximum absolute atomic E-state index is 12.2. The fraction of sp³-hybridized carbons (Fsp3) is 0.350. The lowest BCUT2D eigenvalue weighted by Crippen LogP contribution is -2.87. The van der Waals surface area contributed by atoms with Gasteiger partial charge in [0.1, 0.15) is 6.04 Å². The first kappa shape index (κ1) is 18.5. The minimum atomic E-state index is 0.0163. The zero-order valence-electron chi connectivity index (χ0n) is 14.6. The number of aryl methyl sites for hydroxylation is 1. The summed E-state index contributed by atoms with van der Waals surface area (Å²) < 4.78 is 0. The van der Waals surface area contributed by atoms with Crippen molar-refractivity contribution in [1.82, 2.24) is 5.32 Å². The second-order valence-electron chi connectivity index (χ2n) is 6.16. The van der Waals surface area contributed by atoms with Gasteiger partial charge < -0.3 is 10.6 Å². The third-order valence-corrected chi connectivity index (χ3v) is 4.57. The zero-order valence-corrected chi connectivity index (χ0v) is 15.3. The highest BCUT2D eigenvalue weighted by Crippen LogP contribution is 2.14. The molecule has 0 bridgehead atoms. The minimum Gasteiger partial charge on any atom is -0.345 e. The highest BCUT2D eigenvalue weighted by Gasteiger charge is 2.14. The van der Waals surface area contributed by atoms with Crippen LogP contribution in [0.4, 0.5) is 0 Å². The molecule has 0 fully saturated rings. The summed E-state index contributed by atoms with van der Waals surface area (Å²) in [5, 5.41) is 5.82. The van der Waals surface area contributed by atoms with Crippen molar-refractivity contribution in [3.8, 4) is 0 Å². The van der Waals surface area contributed by atoms with Gasteiger partial charge in [-0.2, -0.15) is 0 Å². The van der Waals surface area contributed by atoms with Crippen molar-refractivity contribution in [1.29, 1.82) is 0 Å². The van der Waals surface area contributed by atoms with Crippen LogP contribution in [0.3, 0.4) is 0 Å². The quantitative estimate of drug-likeness (QED) is 0.793. The van der Waals surface area contributed by atoms with E-state index in [0.717, 1.165) is 22.6 Å². The normalized spacial score (nSPS) is 13.3. The predicted octanol–water partition coefficient (Wildman–Crippen LogP) is 3.40. The van der Waals surface area contributed by atoms with Gasteiger partial charge in [0.05, 0.1) is 6.04 Å². The van der Waals surface area contributed by atoms with Gasteiger partial charge in [0.2, 0.25) is 0 Å². The van der Waals surface area contributed by atoms with Gasteiger partial charge in [-0.25, -0.2) is 0 Å². The van der Waals surface area contributed by atoms with Gasteiger partial charge in [0.15, 0.2) is 6.54 Å². The number of carbonyl (C=O) groups is 1. The molecule has 0 aliphatic heterocycles. The van der Waals surface area contributed by atoms with Crippen molar-refractivity contribution in [2.45, 2.75) is 39.3 Å². The number of amides is 1. The molecule has 0 aliphatic carbocycles. The van der Waals surface area contributed by atoms with Crippen molar-refractivity contribution in [2.75, 3.05) is 6.54 Å². The summed E-state index contributed by atoms with van der Waals surface area (Å²) in [4.78, 5) is 12.2. The predicted molar refractivity (Wildman–Crippen MR) is 99.0 cm³/mol. The Morgan fingerprint density at radius 2 is 1.62 bits per heavy atom. The Bertz CT molecular complexity index is 652. The van der Waals surface area contributed by atoms with Crippen LogP contribution in [0.15, 0.2) is 48.5 Å². The molecule has 3 nitrogen and oxygen atoms in total. The van der Waals surface area contributed by atoms with Crippen molar-refractivity contribution < 1.29 is 10.1 Å². The first-order valence-corrected chi connectivity index (χ1v) is 8.84. The number of hydrogen-bond acceptors (Lipinski definition) is 1. The van der Waals surface area contributed by atoms with Gasteiger partial charge >= 0.3 is 0 Å². The second-order valence-corrected chi connectivity index (χ2v) is 6.60. The third-order valence-electron chi connectivity index (χ3n) is 4.32. The fourth-order valence-electron chi connectivity index (χ4n) is 2.61. The van der Waals surface area contributed by atoms with Crippen LogP contribution in [-0.4, -0.2) is 12.5 Å². The lowest BCUT2D eigenvalue weighted by Gasteiger charge is -2.16. The molecule has 3 N–H and O–H groups in total. The van der Waals surface area contributed by atoms with Crippen LogP contribution in [0, 0.1) is 0 Å². The van der Waals surface area contributed by atoms with Gasteiger partial charge in [-0.05, 0) is 43.5 Å². The SMILES string of the molecule is CCc1ccc([C@@H](C)NC(=O)C[NH2+][C@@H](C)c2ccc(Cl)cc2)cc1. The molecule has 128 valence electrons. The van der Waals surface area contributed by atoms with Crippen molar-refractivity contribution in [3.05, 3.63) is 70.2 Å². The molecular formula is C20H26ClN2O+. The van der Waals surface area contributed by atoms with E-state index in [4.69, 9.17) is 11.6 Å². The molecule has 2 aromatic carbocycles. The Labute approximate surface area is 149 Å². The summed E-state index contributed by atoms with van der Waals surface area (Å²) in [5.41, 5.74) is 3.60. The van der Waals surface area contributed by atoms with Crippen molar-refractivity contribution in [2.24, 2.45) is 0 Å². The molecule has 1 amide bonds. The van der Waals surface area contributed by atoms with Crippen LogP contribution in [0.25, 0.3) is 0 Å². The first-order valence-electron chi connectivity index (χ1n) is 8.46. The number of halogens is 1. The smallest absolute Gasteiger partial charge is 0.275 e. The van der Waals surface area contributed by atoms with Gasteiger partial charge in [0.25, 0.3) is 5.91 Å². The number of nitrogens with two attached hydrogens (primary N) is 1. The number of benzene rings is 2. The largest absolute Gasteiger partial charge is 0.345 e. The van der Waals surface area contributed by atoms with Crippen LogP contribution in [-0.2, 0) is 11.2 Å². The Kier molecular flexibility index (Phi) is 6.83. The molecule has 0 spiro atoms. The van der Waals surface area contributed by atoms with E-state index in [0.29, 0.717) is 6.54 Å². The van der Waals surface area contributed by atoms with E-state index in [2.05, 4.69) is 43.4 Å². The number of quaternary nitrogens is 1. The van der Waals surface area contributed by atoms with E-state index >= 15 is 0 Å². The lowest BCUT2D eigenvalue weighted by molar-refractivity contribution is -0.682. The number of hydrogen-bond donors (Lipinski definition) is 2. The molecule has 24 heavy (non-hydrogen) atoms. The third kappa shape index (κ3) is 5.36. The van der Waals surface area contributed by atoms with Crippen molar-refractivity contribution >= 4 is 17.5 Å². The molecule has 2 aromatic rings. The molecule has 0 heterocycles. The summed E-state index contributed by atoms with van der Waals surface area (Å²) in [6, 6.07) is 16.4. The fourth-order valence-corrected chi connectivity index (χ4v) is 2.74. The molecule has 2 rings (SSSR count). The average Bonchev–Trinajstić information content (AvgIpc) is 2.60. The molecule has 4 heteroatoms. The highest BCUT2D eigenvalue weighted by molar-refractivity contribution is 6.30. The summed E-state index contributed by atoms with van der Waals surface area (Å²) in [5.74, 6) is 0.0443. The second kappa shape index (κ2) is 8.86. The minimum absolute atomic E-state index is 0.0163. The van der Waals surface area contributed by atoms with Crippen molar-refractivity contribution in [3.63, 3.8) is 0 Å². The standard InChI is InChI=1S/C20H25ClN2O/c1-4-16-5-7-18(8-6-16)15(3)23-20(24)13-22-14(2)17-9-11-19(21)12-10-17/h5-12,14-15,22H,4,13H2,1-3H3,(H,23,24)/p+1/t14-,15+/m0/s1. The molecule has 0 aromatic heterocycles. The van der Waals surface area contributed by atoms with Gasteiger partial charge in [0, 0.05) is 10.6 Å². The van der Waals surface area contributed by atoms with E-state index < -0.39 is 0 Å². The van der Waals surface area contributed by atoms with E-state index in [-0.39, 0.29) is 18.0 Å². The Morgan fingerprint density at radius 3 is 2.21 bits per heavy atom. The highest BCUT2D eigenvalue weighted by atomic mass is 35.5. The summed E-state index contributed by atoms with van der Waals surface area (Å²) in [6.07, 6.45) is 1.03. The molecule has 0 saturated heterocycles. The van der Waals surface area contributed by atoms with E-state index in [1.54, 1.807) is 0 Å². The van der Waals surface area contributed by atoms with Crippen LogP contribution in [0.5, 0.6) is 0 Å². The Hall–Kier alpha value is -1.84. The molecule has 0 aliphatic rings. The monoisotopic (exact) mass is 345 g/mol. The Morgan fingerprint density at radius 1 is 1.04 bits per heavy atom. The average molecular weight is 346 g/mol. The number of nitrogens with one attached hydrogen (secondary N) is 1. The van der Waals surface area contributed by atoms with E-state index in [1.165, 1.54) is 5.56 Å². The topological polar surface area (TPSA) is 45.7 Å². The van der Waals surface area contributed by atoms with Crippen LogP contribution < -0.4 is 10.6 Å². The summed E-state index contributed by atoms with van der Waals surface area (Å²) in [6.45, 7) is 6.64. The van der Waals surface area contributed by atoms with Gasteiger partial charge in [-0.1, -0.05) is 54.9 Å². The summed E-state index contributed by atoms with van der Waals surface area (Å²) in [7, 11) is 0. The van der Waals surface area contributed by atoms with E-state index in [9.17, 15) is 4.79 Å². The molecule has 0 unspecified atom stereocenters. The van der Waals surface area contributed by atoms with Gasteiger partial charge in [-0.15, -0.1) is 0 Å². The lowest BCUT2D eigenvalue weighted by atomic mass is 10.0. The van der Waals surface area contributed by atoms with Crippen LogP contribution in [0.2, 0.25) is 5.02 Å². The zero-order chi connectivity index (χ0) is 17.5. The number of rotatable bonds is 7. The van der Waals surface area contributed by atoms with Crippen LogP contribution in [0.1, 0.15) is 49.5 Å². The van der Waals surface area contributed by atoms with E-state index in [1.807, 2.05) is 36.5 Å². The van der Waals surface area contributed by atoms with Gasteiger partial charge in [-0.3, -0.25) is 4.79 Å². The summed E-state index contributed by atoms with van der Waals surface area (Å²) >= 11 is 5.90. The first-order chi connectivity index (χ1) is 11.5. The van der Waals surface area contributed by atoms with Crippen LogP contribution >= 0.6 is 11.6 Å². The number of carbonyl (C=O) groups excluding carboxylic acids is 1. The molecule has 0 saturated carbocycles. The molecule has 0 radical (unpaired) electrons. The maximum atomic E-state index is 12.2. The maximum Gasteiger partial charge on any atom is 0.275 e.